The molecule has 3 atom stereocenters. The van der Waals surface area contributed by atoms with Crippen molar-refractivity contribution < 1.29 is 9.32 Å². The maximum absolute atomic E-state index is 12.3. The van der Waals surface area contributed by atoms with Gasteiger partial charge in [-0.15, -0.1) is 0 Å². The van der Waals surface area contributed by atoms with Gasteiger partial charge in [0.25, 0.3) is 0 Å². The lowest BCUT2D eigenvalue weighted by molar-refractivity contribution is -0.125. The highest BCUT2D eigenvalue weighted by Crippen LogP contribution is 2.56. The van der Waals surface area contributed by atoms with Crippen LogP contribution in [0.1, 0.15) is 71.6 Å². The van der Waals surface area contributed by atoms with Crippen molar-refractivity contribution in [2.75, 3.05) is 14.1 Å². The van der Waals surface area contributed by atoms with Crippen molar-refractivity contribution in [3.63, 3.8) is 0 Å². The van der Waals surface area contributed by atoms with Crippen LogP contribution in [0.5, 0.6) is 0 Å². The molecule has 0 spiro atoms. The van der Waals surface area contributed by atoms with Gasteiger partial charge in [0.1, 0.15) is 6.10 Å². The van der Waals surface area contributed by atoms with Gasteiger partial charge in [-0.1, -0.05) is 39.0 Å². The highest BCUT2D eigenvalue weighted by atomic mass is 31.2. The van der Waals surface area contributed by atoms with Gasteiger partial charge in [0, 0.05) is 18.5 Å². The molecule has 0 N–H and O–H groups in total. The van der Waals surface area contributed by atoms with Crippen molar-refractivity contribution in [1.82, 2.24) is 9.34 Å². The van der Waals surface area contributed by atoms with E-state index >= 15 is 0 Å². The lowest BCUT2D eigenvalue weighted by atomic mass is 9.91. The Kier molecular flexibility index (Phi) is 7.27. The molecule has 0 unspecified atom stereocenters. The molecule has 0 amide bonds. The Labute approximate surface area is 137 Å². The van der Waals surface area contributed by atoms with Gasteiger partial charge >= 0.3 is 0 Å². The molecule has 2 fully saturated rings. The Morgan fingerprint density at radius 1 is 1.14 bits per heavy atom. The second-order valence-electron chi connectivity index (χ2n) is 6.84. The number of Topliss-reactive ketones (excluding diaryl/α,β-unsaturated/α-hetero) is 1. The molecule has 1 aliphatic heterocycles. The molecule has 4 nitrogen and oxygen atoms in total. The molecular weight excluding hydrogens is 295 g/mol. The molecule has 1 saturated carbocycles. The third kappa shape index (κ3) is 4.29. The Balaban J connectivity index is 1.82. The molecule has 0 aromatic carbocycles. The van der Waals surface area contributed by atoms with Crippen molar-refractivity contribution in [3.05, 3.63) is 0 Å². The highest BCUT2D eigenvalue weighted by molar-refractivity contribution is 7.47. The summed E-state index contributed by atoms with van der Waals surface area (Å²) in [5, 5.41) is 0. The number of ketones is 1. The Morgan fingerprint density at radius 3 is 2.27 bits per heavy atom. The van der Waals surface area contributed by atoms with Crippen LogP contribution in [0.25, 0.3) is 0 Å². The van der Waals surface area contributed by atoms with Crippen molar-refractivity contribution in [2.45, 2.75) is 89.8 Å². The molecule has 22 heavy (non-hydrogen) atoms. The summed E-state index contributed by atoms with van der Waals surface area (Å²) in [5.41, 5.74) is 0. The van der Waals surface area contributed by atoms with E-state index in [4.69, 9.17) is 4.52 Å². The number of hydrogen-bond donors (Lipinski definition) is 0. The molecule has 0 aromatic rings. The first-order valence-electron chi connectivity index (χ1n) is 9.01. The van der Waals surface area contributed by atoms with E-state index in [1.165, 1.54) is 38.5 Å². The molecule has 5 heteroatoms. The molecule has 0 bridgehead atoms. The van der Waals surface area contributed by atoms with E-state index in [0.717, 1.165) is 12.8 Å². The van der Waals surface area contributed by atoms with E-state index < -0.39 is 8.45 Å². The van der Waals surface area contributed by atoms with Crippen LogP contribution in [0.15, 0.2) is 0 Å². The van der Waals surface area contributed by atoms with Gasteiger partial charge in [-0.3, -0.25) is 4.79 Å². The molecule has 1 saturated heterocycles. The SMILES string of the molecule is CCCCCCC(=O)[C@@H](C)OP1N(C)[C@@H]2CCCC[C@H]2N1C. The van der Waals surface area contributed by atoms with Gasteiger partial charge in [-0.05, 0) is 40.3 Å². The Morgan fingerprint density at radius 2 is 1.73 bits per heavy atom. The monoisotopic (exact) mass is 328 g/mol. The quantitative estimate of drug-likeness (QED) is 0.490. The standard InChI is InChI=1S/C17H33N2O2P/c1-5-6-7-8-13-17(20)14(2)21-22-18(3)15-11-9-10-12-16(15)19(22)4/h14-16H,5-13H2,1-4H3/t14-,15-,16-/m1/s1. The minimum atomic E-state index is -0.766. The fourth-order valence-electron chi connectivity index (χ4n) is 3.72. The van der Waals surface area contributed by atoms with E-state index in [9.17, 15) is 4.79 Å². The fourth-order valence-corrected chi connectivity index (χ4v) is 5.91. The molecule has 1 aliphatic carbocycles. The summed E-state index contributed by atoms with van der Waals surface area (Å²) in [6.07, 6.45) is 10.2. The maximum atomic E-state index is 12.3. The topological polar surface area (TPSA) is 32.8 Å². The molecule has 1 heterocycles. The van der Waals surface area contributed by atoms with Gasteiger partial charge in [0.15, 0.2) is 14.2 Å². The van der Waals surface area contributed by atoms with E-state index in [1.54, 1.807) is 0 Å². The second-order valence-corrected chi connectivity index (χ2v) is 8.82. The molecule has 2 aliphatic rings. The first-order chi connectivity index (χ1) is 10.6. The Bertz CT molecular complexity index is 349. The van der Waals surface area contributed by atoms with Crippen LogP contribution in [0.3, 0.4) is 0 Å². The van der Waals surface area contributed by atoms with Crippen molar-refractivity contribution >= 4 is 14.2 Å². The number of carbonyl (C=O) groups is 1. The first kappa shape index (κ1) is 18.3. The molecule has 128 valence electrons. The third-order valence-electron chi connectivity index (χ3n) is 5.18. The lowest BCUT2D eigenvalue weighted by Gasteiger charge is -2.28. The molecule has 0 radical (unpaired) electrons. The van der Waals surface area contributed by atoms with Crippen LogP contribution >= 0.6 is 8.45 Å². The summed E-state index contributed by atoms with van der Waals surface area (Å²) < 4.78 is 11.0. The predicted molar refractivity (Wildman–Crippen MR) is 92.8 cm³/mol. The van der Waals surface area contributed by atoms with Gasteiger partial charge in [0.05, 0.1) is 0 Å². The van der Waals surface area contributed by atoms with E-state index in [-0.39, 0.29) is 11.9 Å². The smallest absolute Gasteiger partial charge is 0.188 e. The minimum absolute atomic E-state index is 0.266. The van der Waals surface area contributed by atoms with Crippen molar-refractivity contribution in [1.29, 1.82) is 0 Å². The number of likely N-dealkylation sites (N-methyl/N-ethyl adjacent to an activating group) is 2. The number of hydrogen-bond acceptors (Lipinski definition) is 4. The van der Waals surface area contributed by atoms with Gasteiger partial charge in [-0.2, -0.15) is 0 Å². The summed E-state index contributed by atoms with van der Waals surface area (Å²) >= 11 is 0. The zero-order chi connectivity index (χ0) is 16.1. The van der Waals surface area contributed by atoms with Crippen LogP contribution in [0.4, 0.5) is 0 Å². The van der Waals surface area contributed by atoms with Gasteiger partial charge in [0.2, 0.25) is 0 Å². The highest BCUT2D eigenvalue weighted by Gasteiger charge is 2.46. The molecule has 0 aromatic heterocycles. The molecule has 2 rings (SSSR count). The van der Waals surface area contributed by atoms with Crippen LogP contribution in [0, 0.1) is 0 Å². The summed E-state index contributed by atoms with van der Waals surface area (Å²) in [6.45, 7) is 4.13. The van der Waals surface area contributed by atoms with Crippen molar-refractivity contribution in [2.24, 2.45) is 0 Å². The Hall–Kier alpha value is -0.0200. The van der Waals surface area contributed by atoms with E-state index in [0.29, 0.717) is 18.5 Å². The van der Waals surface area contributed by atoms with E-state index in [1.807, 2.05) is 6.92 Å². The maximum Gasteiger partial charge on any atom is 0.188 e. The largest absolute Gasteiger partial charge is 0.320 e. The van der Waals surface area contributed by atoms with Gasteiger partial charge in [-0.25, -0.2) is 9.34 Å². The summed E-state index contributed by atoms with van der Waals surface area (Å²) in [6, 6.07) is 1.24. The second kappa shape index (κ2) is 8.73. The average molecular weight is 328 g/mol. The number of fused-ring (bicyclic) bond motifs is 1. The molecular formula is C17H33N2O2P. The van der Waals surface area contributed by atoms with Gasteiger partial charge < -0.3 is 4.52 Å². The fraction of sp³-hybridized carbons (Fsp3) is 0.941. The number of rotatable bonds is 8. The predicted octanol–water partition coefficient (Wildman–Crippen LogP) is 4.35. The summed E-state index contributed by atoms with van der Waals surface area (Å²) in [4.78, 5) is 12.3. The van der Waals surface area contributed by atoms with Crippen LogP contribution < -0.4 is 0 Å². The summed E-state index contributed by atoms with van der Waals surface area (Å²) in [7, 11) is 3.59. The normalized spacial score (nSPS) is 28.7. The minimum Gasteiger partial charge on any atom is -0.320 e. The van der Waals surface area contributed by atoms with Crippen LogP contribution in [-0.2, 0) is 9.32 Å². The summed E-state index contributed by atoms with van der Waals surface area (Å²) in [5.74, 6) is 0.273. The number of nitrogens with zero attached hydrogens (tertiary/aromatic N) is 2. The van der Waals surface area contributed by atoms with E-state index in [2.05, 4.69) is 30.4 Å². The number of unbranched alkanes of at least 4 members (excludes halogenated alkanes) is 3. The van der Waals surface area contributed by atoms with Crippen LogP contribution in [-0.4, -0.2) is 47.4 Å². The third-order valence-corrected chi connectivity index (χ3v) is 7.35. The zero-order valence-corrected chi connectivity index (χ0v) is 15.6. The van der Waals surface area contributed by atoms with Crippen molar-refractivity contribution in [3.8, 4) is 0 Å². The number of carbonyl (C=O) groups excluding carboxylic acids is 1. The zero-order valence-electron chi connectivity index (χ0n) is 14.8. The van der Waals surface area contributed by atoms with Crippen LogP contribution in [0.2, 0.25) is 0 Å². The first-order valence-corrected chi connectivity index (χ1v) is 10.2. The average Bonchev–Trinajstić information content (AvgIpc) is 2.77. The lowest BCUT2D eigenvalue weighted by Crippen LogP contribution is -2.37.